The summed E-state index contributed by atoms with van der Waals surface area (Å²) in [6, 6.07) is 10.2. The van der Waals surface area contributed by atoms with E-state index in [0.29, 0.717) is 48.9 Å². The molecule has 3 heterocycles. The van der Waals surface area contributed by atoms with Crippen LogP contribution < -0.4 is 10.1 Å². The number of nitrogens with zero attached hydrogens (tertiary/aromatic N) is 6. The summed E-state index contributed by atoms with van der Waals surface area (Å²) in [5.41, 5.74) is 3.06. The highest BCUT2D eigenvalue weighted by Crippen LogP contribution is 2.24. The van der Waals surface area contributed by atoms with E-state index in [0.717, 1.165) is 29.4 Å². The fourth-order valence-electron chi connectivity index (χ4n) is 3.88. The molecule has 1 saturated carbocycles. The Morgan fingerprint density at radius 3 is 2.84 bits per heavy atom. The summed E-state index contributed by atoms with van der Waals surface area (Å²) in [6.45, 7) is 3.67. The van der Waals surface area contributed by atoms with Crippen LogP contribution in [-0.2, 0) is 4.74 Å². The summed E-state index contributed by atoms with van der Waals surface area (Å²) >= 11 is 0. The Hall–Kier alpha value is -3.33. The standard InChI is InChI=1S/C22H25N7O2/c1-2-30-11-12-31-20-10-7-15-13-17(8-9-18(15)25-20)29-21-19(27-28-29)14-23-22(26-21)24-16-5-3-4-6-16/h7-10,13-14,16H,2-6,11-12H2,1H3,(H,23,24,26). The van der Waals surface area contributed by atoms with Gasteiger partial charge in [0.15, 0.2) is 11.2 Å². The first-order chi connectivity index (χ1) is 15.3. The van der Waals surface area contributed by atoms with E-state index in [9.17, 15) is 0 Å². The van der Waals surface area contributed by atoms with Gasteiger partial charge in [-0.3, -0.25) is 0 Å². The number of pyridine rings is 1. The first-order valence-corrected chi connectivity index (χ1v) is 10.8. The lowest BCUT2D eigenvalue weighted by Crippen LogP contribution is -2.16. The van der Waals surface area contributed by atoms with Crippen LogP contribution >= 0.6 is 0 Å². The molecule has 0 amide bonds. The summed E-state index contributed by atoms with van der Waals surface area (Å²) in [4.78, 5) is 13.7. The molecule has 5 rings (SSSR count). The van der Waals surface area contributed by atoms with Crippen molar-refractivity contribution < 1.29 is 9.47 Å². The zero-order chi connectivity index (χ0) is 21.0. The van der Waals surface area contributed by atoms with Gasteiger partial charge in [0.2, 0.25) is 11.8 Å². The molecule has 1 N–H and O–H groups in total. The molecular weight excluding hydrogens is 394 g/mol. The van der Waals surface area contributed by atoms with E-state index in [2.05, 4.69) is 30.6 Å². The lowest BCUT2D eigenvalue weighted by Gasteiger charge is -2.11. The third-order valence-corrected chi connectivity index (χ3v) is 5.45. The summed E-state index contributed by atoms with van der Waals surface area (Å²) in [7, 11) is 0. The third-order valence-electron chi connectivity index (χ3n) is 5.45. The molecule has 4 aromatic rings. The summed E-state index contributed by atoms with van der Waals surface area (Å²) in [5.74, 6) is 1.21. The number of nitrogens with one attached hydrogen (secondary N) is 1. The fourth-order valence-corrected chi connectivity index (χ4v) is 3.88. The average Bonchev–Trinajstić information content (AvgIpc) is 3.46. The van der Waals surface area contributed by atoms with Crippen molar-refractivity contribution >= 4 is 28.0 Å². The van der Waals surface area contributed by atoms with Gasteiger partial charge in [0.1, 0.15) is 6.61 Å². The first-order valence-electron chi connectivity index (χ1n) is 10.8. The van der Waals surface area contributed by atoms with Gasteiger partial charge in [0.05, 0.1) is 24.0 Å². The van der Waals surface area contributed by atoms with Crippen molar-refractivity contribution in [1.82, 2.24) is 29.9 Å². The number of anilines is 1. The van der Waals surface area contributed by atoms with Crippen molar-refractivity contribution in [1.29, 1.82) is 0 Å². The summed E-state index contributed by atoms with van der Waals surface area (Å²) in [6.07, 6.45) is 6.55. The molecular formula is C22H25N7O2. The van der Waals surface area contributed by atoms with Crippen LogP contribution in [0.4, 0.5) is 5.95 Å². The van der Waals surface area contributed by atoms with Gasteiger partial charge in [0.25, 0.3) is 0 Å². The SMILES string of the molecule is CCOCCOc1ccc2cc(-n3nnc4cnc(NC5CCCC5)nc43)ccc2n1. The Bertz CT molecular complexity index is 1190. The highest BCUT2D eigenvalue weighted by atomic mass is 16.5. The molecule has 9 nitrogen and oxygen atoms in total. The predicted molar refractivity (Wildman–Crippen MR) is 118 cm³/mol. The molecule has 1 aliphatic carbocycles. The molecule has 0 atom stereocenters. The van der Waals surface area contributed by atoms with Crippen LogP contribution in [0.2, 0.25) is 0 Å². The highest BCUT2D eigenvalue weighted by Gasteiger charge is 2.17. The van der Waals surface area contributed by atoms with E-state index in [4.69, 9.17) is 9.47 Å². The summed E-state index contributed by atoms with van der Waals surface area (Å²) < 4.78 is 12.7. The lowest BCUT2D eigenvalue weighted by atomic mass is 10.2. The number of benzene rings is 1. The second-order valence-electron chi connectivity index (χ2n) is 7.60. The van der Waals surface area contributed by atoms with E-state index in [-0.39, 0.29) is 0 Å². The highest BCUT2D eigenvalue weighted by molar-refractivity contribution is 5.82. The minimum Gasteiger partial charge on any atom is -0.475 e. The minimum absolute atomic E-state index is 0.443. The Kier molecular flexibility index (Phi) is 5.57. The van der Waals surface area contributed by atoms with Gasteiger partial charge in [-0.15, -0.1) is 5.10 Å². The van der Waals surface area contributed by atoms with Crippen LogP contribution in [0.5, 0.6) is 5.88 Å². The zero-order valence-corrected chi connectivity index (χ0v) is 17.5. The van der Waals surface area contributed by atoms with Crippen molar-refractivity contribution in [3.8, 4) is 11.6 Å². The second-order valence-corrected chi connectivity index (χ2v) is 7.60. The van der Waals surface area contributed by atoms with Gasteiger partial charge >= 0.3 is 0 Å². The van der Waals surface area contributed by atoms with E-state index in [1.807, 2.05) is 37.3 Å². The molecule has 1 aromatic carbocycles. The summed E-state index contributed by atoms with van der Waals surface area (Å²) in [5, 5.41) is 12.9. The monoisotopic (exact) mass is 419 g/mol. The zero-order valence-electron chi connectivity index (χ0n) is 17.5. The number of hydrogen-bond donors (Lipinski definition) is 1. The maximum atomic E-state index is 5.66. The Morgan fingerprint density at radius 2 is 1.97 bits per heavy atom. The van der Waals surface area contributed by atoms with E-state index >= 15 is 0 Å². The number of ether oxygens (including phenoxy) is 2. The van der Waals surface area contributed by atoms with Crippen molar-refractivity contribution in [2.75, 3.05) is 25.1 Å². The molecule has 0 radical (unpaired) electrons. The minimum atomic E-state index is 0.443. The van der Waals surface area contributed by atoms with Crippen LogP contribution in [0.15, 0.2) is 36.5 Å². The lowest BCUT2D eigenvalue weighted by molar-refractivity contribution is 0.108. The van der Waals surface area contributed by atoms with Gasteiger partial charge in [-0.1, -0.05) is 18.1 Å². The van der Waals surface area contributed by atoms with Gasteiger partial charge in [-0.25, -0.2) is 9.97 Å². The van der Waals surface area contributed by atoms with Crippen LogP contribution in [0.3, 0.4) is 0 Å². The van der Waals surface area contributed by atoms with Crippen molar-refractivity contribution in [3.05, 3.63) is 36.5 Å². The molecule has 3 aromatic heterocycles. The van der Waals surface area contributed by atoms with Crippen molar-refractivity contribution in [3.63, 3.8) is 0 Å². The molecule has 9 heteroatoms. The smallest absolute Gasteiger partial charge is 0.225 e. The molecule has 1 fully saturated rings. The Balaban J connectivity index is 1.40. The maximum absolute atomic E-state index is 5.66. The first kappa shape index (κ1) is 19.6. The molecule has 31 heavy (non-hydrogen) atoms. The Morgan fingerprint density at radius 1 is 1.06 bits per heavy atom. The molecule has 0 spiro atoms. The number of rotatable bonds is 8. The van der Waals surface area contributed by atoms with Crippen LogP contribution in [0.25, 0.3) is 27.8 Å². The van der Waals surface area contributed by atoms with E-state index in [1.54, 1.807) is 10.9 Å². The predicted octanol–water partition coefficient (Wildman–Crippen LogP) is 3.53. The molecule has 0 bridgehead atoms. The van der Waals surface area contributed by atoms with Crippen LogP contribution in [-0.4, -0.2) is 55.8 Å². The average molecular weight is 419 g/mol. The van der Waals surface area contributed by atoms with E-state index in [1.165, 1.54) is 12.8 Å². The fraction of sp³-hybridized carbons (Fsp3) is 0.409. The number of fused-ring (bicyclic) bond motifs is 2. The third kappa shape index (κ3) is 4.27. The van der Waals surface area contributed by atoms with Gasteiger partial charge in [-0.05, 0) is 44.0 Å². The molecule has 1 aliphatic rings. The number of hydrogen-bond acceptors (Lipinski definition) is 8. The number of aromatic nitrogens is 6. The molecule has 0 saturated heterocycles. The maximum Gasteiger partial charge on any atom is 0.225 e. The van der Waals surface area contributed by atoms with Gasteiger partial charge < -0.3 is 14.8 Å². The van der Waals surface area contributed by atoms with Crippen molar-refractivity contribution in [2.24, 2.45) is 0 Å². The van der Waals surface area contributed by atoms with E-state index < -0.39 is 0 Å². The van der Waals surface area contributed by atoms with Gasteiger partial charge in [0, 0.05) is 24.1 Å². The Labute approximate surface area is 179 Å². The van der Waals surface area contributed by atoms with Crippen LogP contribution in [0, 0.1) is 0 Å². The second kappa shape index (κ2) is 8.81. The van der Waals surface area contributed by atoms with Crippen molar-refractivity contribution in [2.45, 2.75) is 38.6 Å². The van der Waals surface area contributed by atoms with Crippen LogP contribution in [0.1, 0.15) is 32.6 Å². The topological polar surface area (TPSA) is 99.9 Å². The van der Waals surface area contributed by atoms with Gasteiger partial charge in [-0.2, -0.15) is 9.67 Å². The normalized spacial score (nSPS) is 14.5. The molecule has 0 aliphatic heterocycles. The molecule has 0 unspecified atom stereocenters. The molecule has 160 valence electrons. The quantitative estimate of drug-likeness (QED) is 0.433. The largest absolute Gasteiger partial charge is 0.475 e.